The molecule has 0 radical (unpaired) electrons. The molecule has 0 spiro atoms. The number of halogens is 4. The molecule has 1 amide bonds. The van der Waals surface area contributed by atoms with Gasteiger partial charge in [0.15, 0.2) is 11.7 Å². The van der Waals surface area contributed by atoms with Gasteiger partial charge in [0.25, 0.3) is 0 Å². The van der Waals surface area contributed by atoms with Crippen LogP contribution in [0.5, 0.6) is 5.75 Å². The number of para-hydroxylation sites is 1. The zero-order valence-electron chi connectivity index (χ0n) is 15.9. The van der Waals surface area contributed by atoms with Crippen molar-refractivity contribution in [2.24, 2.45) is 0 Å². The normalized spacial score (nSPS) is 12.1. The van der Waals surface area contributed by atoms with E-state index < -0.39 is 24.3 Å². The summed E-state index contributed by atoms with van der Waals surface area (Å²) in [4.78, 5) is 16.2. The van der Waals surface area contributed by atoms with Crippen LogP contribution in [0.25, 0.3) is 11.3 Å². The van der Waals surface area contributed by atoms with Gasteiger partial charge in [0, 0.05) is 18.4 Å². The van der Waals surface area contributed by atoms with Crippen LogP contribution in [0.15, 0.2) is 53.1 Å². The first-order valence-corrected chi connectivity index (χ1v) is 9.07. The van der Waals surface area contributed by atoms with E-state index in [2.05, 4.69) is 15.0 Å². The van der Waals surface area contributed by atoms with Gasteiger partial charge in [0.2, 0.25) is 5.91 Å². The molecule has 3 rings (SSSR count). The van der Waals surface area contributed by atoms with Crippen LogP contribution in [0.4, 0.5) is 17.6 Å². The van der Waals surface area contributed by atoms with Crippen molar-refractivity contribution in [3.8, 4) is 17.1 Å². The maximum absolute atomic E-state index is 13.8. The average Bonchev–Trinajstić information content (AvgIpc) is 3.14. The molecule has 5 nitrogen and oxygen atoms in total. The highest BCUT2D eigenvalue weighted by atomic mass is 19.3. The predicted molar refractivity (Wildman–Crippen MR) is 99.8 cm³/mol. The fourth-order valence-electron chi connectivity index (χ4n) is 2.93. The van der Waals surface area contributed by atoms with Crippen LogP contribution >= 0.6 is 0 Å². The molecular formula is C21H18F4N2O3. The highest BCUT2D eigenvalue weighted by molar-refractivity contribution is 5.76. The van der Waals surface area contributed by atoms with Gasteiger partial charge in [0.05, 0.1) is 17.8 Å². The number of nitrogens with zero attached hydrogens (tertiary/aromatic N) is 1. The molecule has 2 aromatic carbocycles. The Bertz CT molecular complexity index is 1000. The van der Waals surface area contributed by atoms with Crippen LogP contribution in [0.3, 0.4) is 0 Å². The third-order valence-electron chi connectivity index (χ3n) is 4.31. The van der Waals surface area contributed by atoms with Gasteiger partial charge in [-0.15, -0.1) is 0 Å². The van der Waals surface area contributed by atoms with Crippen LogP contribution in [-0.2, 0) is 11.2 Å². The molecule has 30 heavy (non-hydrogen) atoms. The average molecular weight is 422 g/mol. The van der Waals surface area contributed by atoms with E-state index in [-0.39, 0.29) is 41.7 Å². The molecule has 0 saturated carbocycles. The fraction of sp³-hybridized carbons (Fsp3) is 0.238. The van der Waals surface area contributed by atoms with Gasteiger partial charge < -0.3 is 14.5 Å². The predicted octanol–water partition coefficient (Wildman–Crippen LogP) is 5.03. The fourth-order valence-corrected chi connectivity index (χ4v) is 2.93. The first-order valence-electron chi connectivity index (χ1n) is 9.07. The number of carbonyl (C=O) groups is 1. The molecule has 1 aromatic heterocycles. The number of aromatic nitrogens is 1. The molecule has 1 heterocycles. The van der Waals surface area contributed by atoms with Crippen LogP contribution in [-0.4, -0.2) is 17.5 Å². The summed E-state index contributed by atoms with van der Waals surface area (Å²) >= 11 is 0. The van der Waals surface area contributed by atoms with Crippen molar-refractivity contribution < 1.29 is 31.5 Å². The number of aryl methyl sites for hydroxylation is 1. The topological polar surface area (TPSA) is 64.4 Å². The Hall–Kier alpha value is -3.36. The number of hydrogen-bond donors (Lipinski definition) is 1. The van der Waals surface area contributed by atoms with E-state index in [9.17, 15) is 22.4 Å². The van der Waals surface area contributed by atoms with Crippen molar-refractivity contribution >= 4 is 5.91 Å². The third kappa shape index (κ3) is 5.16. The SMILES string of the molecule is CC(NC(=O)CCc1ncc(-c2c(F)cccc2F)o1)c1ccccc1OC(F)F. The summed E-state index contributed by atoms with van der Waals surface area (Å²) in [5, 5.41) is 2.68. The standard InChI is InChI=1S/C21H18F4N2O3/c1-12(13-5-2-3-8-16(13)30-21(24)25)27-18(28)9-10-19-26-11-17(29-19)20-14(22)6-4-7-15(20)23/h2-8,11-12,21H,9-10H2,1H3,(H,27,28). The molecule has 0 fully saturated rings. The Balaban J connectivity index is 1.60. The van der Waals surface area contributed by atoms with E-state index in [1.165, 1.54) is 18.3 Å². The van der Waals surface area contributed by atoms with E-state index in [4.69, 9.17) is 4.42 Å². The van der Waals surface area contributed by atoms with Crippen LogP contribution in [0.2, 0.25) is 0 Å². The van der Waals surface area contributed by atoms with Gasteiger partial charge in [-0.3, -0.25) is 4.79 Å². The number of alkyl halides is 2. The first-order chi connectivity index (χ1) is 14.3. The van der Waals surface area contributed by atoms with Gasteiger partial charge >= 0.3 is 6.61 Å². The molecule has 0 aliphatic heterocycles. The maximum atomic E-state index is 13.8. The summed E-state index contributed by atoms with van der Waals surface area (Å²) < 4.78 is 62.6. The molecule has 3 aromatic rings. The van der Waals surface area contributed by atoms with Crippen molar-refractivity contribution in [1.82, 2.24) is 10.3 Å². The Morgan fingerprint density at radius 1 is 1.13 bits per heavy atom. The Morgan fingerprint density at radius 2 is 1.83 bits per heavy atom. The molecule has 0 saturated heterocycles. The summed E-state index contributed by atoms with van der Waals surface area (Å²) in [5.41, 5.74) is 0.0737. The number of hydrogen-bond acceptors (Lipinski definition) is 4. The Kier molecular flexibility index (Phi) is 6.71. The summed E-state index contributed by atoms with van der Waals surface area (Å²) in [6, 6.07) is 9.02. The molecule has 158 valence electrons. The monoisotopic (exact) mass is 422 g/mol. The second-order valence-electron chi connectivity index (χ2n) is 6.42. The number of oxazole rings is 1. The highest BCUT2D eigenvalue weighted by Crippen LogP contribution is 2.28. The minimum atomic E-state index is -2.98. The maximum Gasteiger partial charge on any atom is 0.387 e. The van der Waals surface area contributed by atoms with Gasteiger partial charge in [-0.25, -0.2) is 13.8 Å². The lowest BCUT2D eigenvalue weighted by atomic mass is 10.1. The summed E-state index contributed by atoms with van der Waals surface area (Å²) in [7, 11) is 0. The van der Waals surface area contributed by atoms with E-state index in [0.717, 1.165) is 12.1 Å². The molecule has 1 N–H and O–H groups in total. The van der Waals surface area contributed by atoms with E-state index in [0.29, 0.717) is 5.56 Å². The second kappa shape index (κ2) is 9.43. The number of carbonyl (C=O) groups excluding carboxylic acids is 1. The molecule has 1 atom stereocenters. The lowest BCUT2D eigenvalue weighted by Crippen LogP contribution is -2.27. The van der Waals surface area contributed by atoms with Crippen LogP contribution in [0.1, 0.15) is 30.8 Å². The molecule has 1 unspecified atom stereocenters. The van der Waals surface area contributed by atoms with Gasteiger partial charge in [0.1, 0.15) is 17.4 Å². The minimum Gasteiger partial charge on any atom is -0.441 e. The van der Waals surface area contributed by atoms with E-state index in [1.807, 2.05) is 0 Å². The number of amides is 1. The molecule has 0 aliphatic rings. The largest absolute Gasteiger partial charge is 0.441 e. The summed E-state index contributed by atoms with van der Waals surface area (Å²) in [6.45, 7) is -1.34. The van der Waals surface area contributed by atoms with Crippen molar-refractivity contribution in [3.05, 3.63) is 71.8 Å². The summed E-state index contributed by atoms with van der Waals surface area (Å²) in [6.07, 6.45) is 1.25. The quantitative estimate of drug-likeness (QED) is 0.517. The third-order valence-corrected chi connectivity index (χ3v) is 4.31. The van der Waals surface area contributed by atoms with E-state index >= 15 is 0 Å². The highest BCUT2D eigenvalue weighted by Gasteiger charge is 2.18. The first kappa shape index (κ1) is 21.4. The van der Waals surface area contributed by atoms with Crippen LogP contribution in [0, 0.1) is 11.6 Å². The molecule has 9 heteroatoms. The molecule has 0 aliphatic carbocycles. The Labute approximate surface area is 169 Å². The zero-order valence-corrected chi connectivity index (χ0v) is 15.9. The summed E-state index contributed by atoms with van der Waals surface area (Å²) in [5.74, 6) is -1.91. The van der Waals surface area contributed by atoms with Gasteiger partial charge in [-0.2, -0.15) is 8.78 Å². The number of benzene rings is 2. The lowest BCUT2D eigenvalue weighted by molar-refractivity contribution is -0.121. The second-order valence-corrected chi connectivity index (χ2v) is 6.42. The van der Waals surface area contributed by atoms with Crippen molar-refractivity contribution in [1.29, 1.82) is 0 Å². The lowest BCUT2D eigenvalue weighted by Gasteiger charge is -2.18. The molecule has 0 bridgehead atoms. The van der Waals surface area contributed by atoms with Gasteiger partial charge in [-0.1, -0.05) is 24.3 Å². The van der Waals surface area contributed by atoms with Crippen molar-refractivity contribution in [2.45, 2.75) is 32.4 Å². The minimum absolute atomic E-state index is 0.0236. The Morgan fingerprint density at radius 3 is 2.53 bits per heavy atom. The van der Waals surface area contributed by atoms with Crippen molar-refractivity contribution in [2.75, 3.05) is 0 Å². The number of nitrogens with one attached hydrogen (secondary N) is 1. The zero-order chi connectivity index (χ0) is 21.7. The van der Waals surface area contributed by atoms with Gasteiger partial charge in [-0.05, 0) is 25.1 Å². The molecular weight excluding hydrogens is 404 g/mol. The van der Waals surface area contributed by atoms with Crippen LogP contribution < -0.4 is 10.1 Å². The van der Waals surface area contributed by atoms with Crippen molar-refractivity contribution in [3.63, 3.8) is 0 Å². The van der Waals surface area contributed by atoms with E-state index in [1.54, 1.807) is 25.1 Å². The number of rotatable bonds is 8. The number of ether oxygens (including phenoxy) is 1. The smallest absolute Gasteiger partial charge is 0.387 e.